The van der Waals surface area contributed by atoms with E-state index < -0.39 is 23.4 Å². The van der Waals surface area contributed by atoms with E-state index in [1.54, 1.807) is 30.1 Å². The van der Waals surface area contributed by atoms with Gasteiger partial charge in [-0.1, -0.05) is 11.8 Å². The molecule has 4 rings (SSSR count). The van der Waals surface area contributed by atoms with Gasteiger partial charge in [-0.05, 0) is 42.8 Å². The summed E-state index contributed by atoms with van der Waals surface area (Å²) in [5.74, 6) is 5.67. The van der Waals surface area contributed by atoms with Gasteiger partial charge in [-0.2, -0.15) is 22.2 Å². The Morgan fingerprint density at radius 2 is 2.00 bits per heavy atom. The molecule has 1 unspecified atom stereocenters. The molecular weight excluding hydrogens is 470 g/mol. The number of benzene rings is 1. The summed E-state index contributed by atoms with van der Waals surface area (Å²) >= 11 is -0.204. The molecule has 0 saturated heterocycles. The standard InChI is InChI=1S/C23H19F4N5OS/c1-14-12-31(18-6-7-19(23(24,25)26)17(9-18)13-34-27)22(33)21-16(11-30-32(14)21)5-3-15-4-8-20(28-2)29-10-15/h4,6-11,14H,12-13H2,1-2H3,(H,28,29). The van der Waals surface area contributed by atoms with Crippen LogP contribution in [0.25, 0.3) is 0 Å². The van der Waals surface area contributed by atoms with E-state index in [2.05, 4.69) is 27.2 Å². The molecule has 3 heterocycles. The maximum absolute atomic E-state index is 13.4. The first-order chi connectivity index (χ1) is 16.2. The highest BCUT2D eigenvalue weighted by Crippen LogP contribution is 2.37. The minimum Gasteiger partial charge on any atom is -0.373 e. The third kappa shape index (κ3) is 4.59. The number of alkyl halides is 3. The Labute approximate surface area is 197 Å². The molecule has 1 aliphatic heterocycles. The molecule has 1 aromatic carbocycles. The summed E-state index contributed by atoms with van der Waals surface area (Å²) in [5.41, 5.74) is 0.386. The summed E-state index contributed by atoms with van der Waals surface area (Å²) in [6.45, 7) is 2.04. The van der Waals surface area contributed by atoms with Gasteiger partial charge in [0.1, 0.15) is 11.5 Å². The second kappa shape index (κ2) is 9.38. The van der Waals surface area contributed by atoms with Crippen LogP contribution >= 0.6 is 12.1 Å². The maximum Gasteiger partial charge on any atom is 0.416 e. The largest absolute Gasteiger partial charge is 0.416 e. The average molecular weight is 489 g/mol. The van der Waals surface area contributed by atoms with Gasteiger partial charge in [0.2, 0.25) is 0 Å². The predicted molar refractivity (Wildman–Crippen MR) is 122 cm³/mol. The quantitative estimate of drug-likeness (QED) is 0.409. The van der Waals surface area contributed by atoms with Crippen molar-refractivity contribution in [2.24, 2.45) is 0 Å². The molecular formula is C23H19F4N5OS. The van der Waals surface area contributed by atoms with Gasteiger partial charge in [-0.25, -0.2) is 4.98 Å². The lowest BCUT2D eigenvalue weighted by atomic mass is 10.0. The molecule has 1 amide bonds. The van der Waals surface area contributed by atoms with Crippen LogP contribution in [-0.2, 0) is 11.9 Å². The summed E-state index contributed by atoms with van der Waals surface area (Å²) in [4.78, 5) is 18.9. The fourth-order valence-corrected chi connectivity index (χ4v) is 4.09. The molecule has 1 aliphatic rings. The van der Waals surface area contributed by atoms with E-state index in [0.717, 1.165) is 6.07 Å². The molecule has 11 heteroatoms. The Kier molecular flexibility index (Phi) is 6.52. The van der Waals surface area contributed by atoms with E-state index in [0.29, 0.717) is 16.9 Å². The van der Waals surface area contributed by atoms with E-state index in [1.165, 1.54) is 23.2 Å². The molecule has 3 aromatic rings. The number of amides is 1. The number of carbonyl (C=O) groups is 1. The van der Waals surface area contributed by atoms with E-state index >= 15 is 0 Å². The number of rotatable bonds is 4. The number of fused-ring (bicyclic) bond motifs is 1. The second-order valence-electron chi connectivity index (χ2n) is 7.64. The van der Waals surface area contributed by atoms with Crippen molar-refractivity contribution >= 4 is 29.6 Å². The number of aromatic nitrogens is 3. The van der Waals surface area contributed by atoms with Crippen LogP contribution in [0, 0.1) is 11.8 Å². The molecule has 176 valence electrons. The maximum atomic E-state index is 13.4. The fourth-order valence-electron chi connectivity index (χ4n) is 3.73. The number of nitrogens with zero attached hydrogens (tertiary/aromatic N) is 4. The Balaban J connectivity index is 1.69. The molecule has 0 radical (unpaired) electrons. The van der Waals surface area contributed by atoms with Crippen molar-refractivity contribution < 1.29 is 21.9 Å². The smallest absolute Gasteiger partial charge is 0.373 e. The normalized spacial score (nSPS) is 15.5. The van der Waals surface area contributed by atoms with Crippen LogP contribution < -0.4 is 10.2 Å². The third-order valence-electron chi connectivity index (χ3n) is 5.38. The van der Waals surface area contributed by atoms with E-state index in [9.17, 15) is 21.9 Å². The molecule has 0 spiro atoms. The van der Waals surface area contributed by atoms with Gasteiger partial charge in [-0.3, -0.25) is 9.48 Å². The molecule has 0 bridgehead atoms. The van der Waals surface area contributed by atoms with Crippen molar-refractivity contribution in [3.63, 3.8) is 0 Å². The summed E-state index contributed by atoms with van der Waals surface area (Å²) in [5, 5.41) is 7.20. The van der Waals surface area contributed by atoms with Crippen LogP contribution in [0.4, 0.5) is 28.6 Å². The molecule has 34 heavy (non-hydrogen) atoms. The SMILES string of the molecule is CNc1ccc(C#Cc2cnn3c2C(=O)N(c2ccc(C(F)(F)F)c(CSF)c2)CC3C)cn1. The van der Waals surface area contributed by atoms with E-state index in [4.69, 9.17) is 0 Å². The topological polar surface area (TPSA) is 63.1 Å². The zero-order valence-electron chi connectivity index (χ0n) is 18.2. The van der Waals surface area contributed by atoms with E-state index in [-0.39, 0.29) is 41.7 Å². The van der Waals surface area contributed by atoms with Gasteiger partial charge in [0, 0.05) is 43.2 Å². The molecule has 6 nitrogen and oxygen atoms in total. The summed E-state index contributed by atoms with van der Waals surface area (Å²) in [6.07, 6.45) is -1.53. The summed E-state index contributed by atoms with van der Waals surface area (Å²) in [6, 6.07) is 6.63. The second-order valence-corrected chi connectivity index (χ2v) is 8.15. The third-order valence-corrected chi connectivity index (χ3v) is 5.80. The van der Waals surface area contributed by atoms with Crippen molar-refractivity contribution in [3.05, 3.63) is 70.7 Å². The lowest BCUT2D eigenvalue weighted by Crippen LogP contribution is -2.43. The first-order valence-electron chi connectivity index (χ1n) is 10.2. The highest BCUT2D eigenvalue weighted by Gasteiger charge is 2.36. The number of nitrogens with one attached hydrogen (secondary N) is 1. The molecule has 2 aromatic heterocycles. The lowest BCUT2D eigenvalue weighted by Gasteiger charge is -2.32. The minimum atomic E-state index is -4.62. The number of pyridine rings is 1. The number of halogens is 4. The zero-order chi connectivity index (χ0) is 24.5. The Morgan fingerprint density at radius 1 is 1.21 bits per heavy atom. The minimum absolute atomic E-state index is 0.198. The Bertz CT molecular complexity index is 1280. The Morgan fingerprint density at radius 3 is 2.65 bits per heavy atom. The predicted octanol–water partition coefficient (Wildman–Crippen LogP) is 5.08. The van der Waals surface area contributed by atoms with Gasteiger partial charge in [-0.15, -0.1) is 0 Å². The first kappa shape index (κ1) is 23.6. The fraction of sp³-hybridized carbons (Fsp3) is 0.261. The van der Waals surface area contributed by atoms with Crippen molar-refractivity contribution in [2.45, 2.75) is 24.9 Å². The van der Waals surface area contributed by atoms with Crippen LogP contribution in [0.15, 0.2) is 42.7 Å². The molecule has 1 atom stereocenters. The monoisotopic (exact) mass is 489 g/mol. The zero-order valence-corrected chi connectivity index (χ0v) is 19.0. The highest BCUT2D eigenvalue weighted by molar-refractivity contribution is 7.93. The average Bonchev–Trinajstić information content (AvgIpc) is 3.25. The van der Waals surface area contributed by atoms with Gasteiger partial charge < -0.3 is 10.2 Å². The van der Waals surface area contributed by atoms with Gasteiger partial charge in [0.05, 0.1) is 29.1 Å². The van der Waals surface area contributed by atoms with Crippen LogP contribution in [0.3, 0.4) is 0 Å². The molecule has 1 N–H and O–H groups in total. The van der Waals surface area contributed by atoms with Crippen molar-refractivity contribution in [2.75, 3.05) is 23.8 Å². The number of anilines is 2. The first-order valence-corrected chi connectivity index (χ1v) is 11.1. The van der Waals surface area contributed by atoms with Crippen LogP contribution in [-0.4, -0.2) is 34.3 Å². The number of hydrogen-bond donors (Lipinski definition) is 1. The van der Waals surface area contributed by atoms with Crippen molar-refractivity contribution in [1.82, 2.24) is 14.8 Å². The number of hydrogen-bond acceptors (Lipinski definition) is 5. The molecule has 0 fully saturated rings. The van der Waals surface area contributed by atoms with Crippen LogP contribution in [0.5, 0.6) is 0 Å². The summed E-state index contributed by atoms with van der Waals surface area (Å²) in [7, 11) is 1.75. The Hall–Kier alpha value is -3.52. The van der Waals surface area contributed by atoms with Gasteiger partial charge >= 0.3 is 6.18 Å². The number of carbonyl (C=O) groups excluding carboxylic acids is 1. The van der Waals surface area contributed by atoms with Crippen molar-refractivity contribution in [1.29, 1.82) is 0 Å². The van der Waals surface area contributed by atoms with E-state index in [1.807, 2.05) is 6.92 Å². The highest BCUT2D eigenvalue weighted by atomic mass is 32.2. The van der Waals surface area contributed by atoms with Crippen LogP contribution in [0.2, 0.25) is 0 Å². The van der Waals surface area contributed by atoms with Gasteiger partial charge in [0.25, 0.3) is 5.91 Å². The molecule has 0 saturated carbocycles. The summed E-state index contributed by atoms with van der Waals surface area (Å²) < 4.78 is 54.4. The van der Waals surface area contributed by atoms with Gasteiger partial charge in [0.15, 0.2) is 0 Å². The molecule has 0 aliphatic carbocycles. The van der Waals surface area contributed by atoms with Crippen LogP contribution in [0.1, 0.15) is 45.7 Å². The van der Waals surface area contributed by atoms with Crippen molar-refractivity contribution in [3.8, 4) is 11.8 Å². The lowest BCUT2D eigenvalue weighted by molar-refractivity contribution is -0.138.